The van der Waals surface area contributed by atoms with E-state index < -0.39 is 0 Å². The minimum Gasteiger partial charge on any atom is -0.383 e. The number of rotatable bonds is 3. The van der Waals surface area contributed by atoms with E-state index in [0.717, 1.165) is 11.4 Å². The van der Waals surface area contributed by atoms with Gasteiger partial charge in [-0.1, -0.05) is 11.6 Å². The fraction of sp³-hybridized carbons (Fsp3) is 0.273. The van der Waals surface area contributed by atoms with Crippen LogP contribution in [0, 0.1) is 0 Å². The lowest BCUT2D eigenvalue weighted by atomic mass is 10.2. The minimum absolute atomic E-state index is 0.383. The van der Waals surface area contributed by atoms with E-state index in [1.54, 1.807) is 11.0 Å². The Morgan fingerprint density at radius 1 is 1.38 bits per heavy atom. The highest BCUT2D eigenvalue weighted by Crippen LogP contribution is 2.23. The number of aromatic nitrogens is 3. The third-order valence-electron chi connectivity index (χ3n) is 2.07. The van der Waals surface area contributed by atoms with Crippen LogP contribution in [0.15, 0.2) is 30.9 Å². The van der Waals surface area contributed by atoms with Crippen molar-refractivity contribution in [3.8, 4) is 5.69 Å². The maximum Gasteiger partial charge on any atom is 0.138 e. The zero-order valence-corrected chi connectivity index (χ0v) is 9.94. The van der Waals surface area contributed by atoms with Gasteiger partial charge in [0, 0.05) is 11.7 Å². The molecule has 0 fully saturated rings. The molecule has 1 N–H and O–H groups in total. The van der Waals surface area contributed by atoms with Gasteiger partial charge in [0.05, 0.1) is 10.7 Å². The number of benzene rings is 1. The van der Waals surface area contributed by atoms with Crippen molar-refractivity contribution in [3.05, 3.63) is 35.9 Å². The number of halogens is 1. The molecule has 1 aromatic carbocycles. The van der Waals surface area contributed by atoms with Crippen LogP contribution in [0.2, 0.25) is 5.02 Å². The Morgan fingerprint density at radius 3 is 2.75 bits per heavy atom. The quantitative estimate of drug-likeness (QED) is 0.891. The molecule has 4 nitrogen and oxygen atoms in total. The SMILES string of the molecule is CC(C)Nc1ccc(-n2cncn2)c(Cl)c1. The van der Waals surface area contributed by atoms with Crippen molar-refractivity contribution in [2.24, 2.45) is 0 Å². The van der Waals surface area contributed by atoms with E-state index in [9.17, 15) is 0 Å². The normalized spacial score (nSPS) is 10.8. The molecular formula is C11H13ClN4. The first-order chi connectivity index (χ1) is 7.66. The molecule has 0 aliphatic heterocycles. The number of anilines is 1. The van der Waals surface area contributed by atoms with Crippen molar-refractivity contribution in [2.75, 3.05) is 5.32 Å². The molecule has 2 rings (SSSR count). The zero-order valence-electron chi connectivity index (χ0n) is 9.18. The number of nitrogens with one attached hydrogen (secondary N) is 1. The van der Waals surface area contributed by atoms with Gasteiger partial charge in [-0.15, -0.1) is 0 Å². The van der Waals surface area contributed by atoms with Crippen molar-refractivity contribution in [3.63, 3.8) is 0 Å². The summed E-state index contributed by atoms with van der Waals surface area (Å²) in [5, 5.41) is 7.98. The highest BCUT2D eigenvalue weighted by atomic mass is 35.5. The largest absolute Gasteiger partial charge is 0.383 e. The molecule has 0 aliphatic carbocycles. The fourth-order valence-corrected chi connectivity index (χ4v) is 1.72. The maximum absolute atomic E-state index is 6.18. The molecular weight excluding hydrogens is 224 g/mol. The summed E-state index contributed by atoms with van der Waals surface area (Å²) in [5.41, 5.74) is 1.83. The summed E-state index contributed by atoms with van der Waals surface area (Å²) in [4.78, 5) is 3.89. The molecule has 1 heterocycles. The average Bonchev–Trinajstić information content (AvgIpc) is 2.69. The predicted molar refractivity (Wildman–Crippen MR) is 65.1 cm³/mol. The Bertz CT molecular complexity index is 465. The molecule has 0 radical (unpaired) electrons. The first-order valence-electron chi connectivity index (χ1n) is 5.08. The average molecular weight is 237 g/mol. The Labute approximate surface area is 99.3 Å². The van der Waals surface area contributed by atoms with Gasteiger partial charge in [0.2, 0.25) is 0 Å². The third-order valence-corrected chi connectivity index (χ3v) is 2.37. The molecule has 2 aromatic rings. The van der Waals surface area contributed by atoms with Gasteiger partial charge in [0.15, 0.2) is 0 Å². The molecule has 0 spiro atoms. The van der Waals surface area contributed by atoms with E-state index >= 15 is 0 Å². The standard InChI is InChI=1S/C11H13ClN4/c1-8(2)15-9-3-4-11(10(12)5-9)16-7-13-6-14-16/h3-8,15H,1-2H3. The minimum atomic E-state index is 0.383. The molecule has 0 atom stereocenters. The highest BCUT2D eigenvalue weighted by molar-refractivity contribution is 6.32. The first kappa shape index (κ1) is 11.0. The second-order valence-corrected chi connectivity index (χ2v) is 4.21. The van der Waals surface area contributed by atoms with Crippen LogP contribution in [-0.2, 0) is 0 Å². The molecule has 0 saturated carbocycles. The molecule has 0 aliphatic rings. The number of nitrogens with zero attached hydrogens (tertiary/aromatic N) is 3. The Hall–Kier alpha value is -1.55. The number of hydrogen-bond acceptors (Lipinski definition) is 3. The van der Waals surface area contributed by atoms with E-state index in [0.29, 0.717) is 11.1 Å². The number of hydrogen-bond donors (Lipinski definition) is 1. The smallest absolute Gasteiger partial charge is 0.138 e. The molecule has 0 saturated heterocycles. The van der Waals surface area contributed by atoms with Crippen LogP contribution >= 0.6 is 11.6 Å². The van der Waals surface area contributed by atoms with Crippen LogP contribution < -0.4 is 5.32 Å². The monoisotopic (exact) mass is 236 g/mol. The van der Waals surface area contributed by atoms with Gasteiger partial charge in [-0.25, -0.2) is 9.67 Å². The van der Waals surface area contributed by atoms with Gasteiger partial charge >= 0.3 is 0 Å². The molecule has 16 heavy (non-hydrogen) atoms. The van der Waals surface area contributed by atoms with Gasteiger partial charge in [0.25, 0.3) is 0 Å². The van der Waals surface area contributed by atoms with Gasteiger partial charge < -0.3 is 5.32 Å². The van der Waals surface area contributed by atoms with E-state index in [1.807, 2.05) is 18.2 Å². The van der Waals surface area contributed by atoms with E-state index in [2.05, 4.69) is 29.2 Å². The second-order valence-electron chi connectivity index (χ2n) is 3.81. The molecule has 0 bridgehead atoms. The van der Waals surface area contributed by atoms with Crippen LogP contribution in [-0.4, -0.2) is 20.8 Å². The van der Waals surface area contributed by atoms with E-state index in [1.165, 1.54) is 6.33 Å². The van der Waals surface area contributed by atoms with Crippen molar-refractivity contribution >= 4 is 17.3 Å². The van der Waals surface area contributed by atoms with Crippen molar-refractivity contribution < 1.29 is 0 Å². The summed E-state index contributed by atoms with van der Waals surface area (Å²) in [6.07, 6.45) is 3.10. The Balaban J connectivity index is 2.30. The van der Waals surface area contributed by atoms with Crippen molar-refractivity contribution in [2.45, 2.75) is 19.9 Å². The van der Waals surface area contributed by atoms with Crippen LogP contribution in [0.25, 0.3) is 5.69 Å². The van der Waals surface area contributed by atoms with E-state index in [-0.39, 0.29) is 0 Å². The molecule has 84 valence electrons. The Kier molecular flexibility index (Phi) is 3.10. The van der Waals surface area contributed by atoms with Gasteiger partial charge in [-0.2, -0.15) is 5.10 Å². The molecule has 0 amide bonds. The lowest BCUT2D eigenvalue weighted by Gasteiger charge is -2.11. The van der Waals surface area contributed by atoms with Crippen LogP contribution in [0.1, 0.15) is 13.8 Å². The summed E-state index contributed by atoms with van der Waals surface area (Å²) in [6, 6.07) is 6.16. The maximum atomic E-state index is 6.18. The van der Waals surface area contributed by atoms with Crippen molar-refractivity contribution in [1.29, 1.82) is 0 Å². The lowest BCUT2D eigenvalue weighted by molar-refractivity contribution is 0.876. The van der Waals surface area contributed by atoms with Crippen molar-refractivity contribution in [1.82, 2.24) is 14.8 Å². The summed E-state index contributed by atoms with van der Waals surface area (Å²) < 4.78 is 1.64. The highest BCUT2D eigenvalue weighted by Gasteiger charge is 2.05. The van der Waals surface area contributed by atoms with E-state index in [4.69, 9.17) is 11.6 Å². The summed E-state index contributed by atoms with van der Waals surface area (Å²) in [5.74, 6) is 0. The lowest BCUT2D eigenvalue weighted by Crippen LogP contribution is -2.09. The molecule has 5 heteroatoms. The fourth-order valence-electron chi connectivity index (χ4n) is 1.45. The second kappa shape index (κ2) is 4.53. The summed E-state index contributed by atoms with van der Waals surface area (Å²) in [6.45, 7) is 4.17. The van der Waals surface area contributed by atoms with Crippen LogP contribution in [0.4, 0.5) is 5.69 Å². The summed E-state index contributed by atoms with van der Waals surface area (Å²) >= 11 is 6.18. The molecule has 0 unspecified atom stereocenters. The zero-order chi connectivity index (χ0) is 11.5. The van der Waals surface area contributed by atoms with Gasteiger partial charge in [-0.05, 0) is 32.0 Å². The van der Waals surface area contributed by atoms with Gasteiger partial charge in [0.1, 0.15) is 12.7 Å². The molecule has 1 aromatic heterocycles. The third kappa shape index (κ3) is 2.33. The Morgan fingerprint density at radius 2 is 2.19 bits per heavy atom. The van der Waals surface area contributed by atoms with Gasteiger partial charge in [-0.3, -0.25) is 0 Å². The predicted octanol–water partition coefficient (Wildman–Crippen LogP) is 2.74. The topological polar surface area (TPSA) is 42.7 Å². The van der Waals surface area contributed by atoms with Crippen LogP contribution in [0.3, 0.4) is 0 Å². The summed E-state index contributed by atoms with van der Waals surface area (Å²) in [7, 11) is 0. The van der Waals surface area contributed by atoms with Crippen LogP contribution in [0.5, 0.6) is 0 Å². The first-order valence-corrected chi connectivity index (χ1v) is 5.45.